The molecule has 6 saturated carbocycles. The molecule has 0 amide bonds. The Morgan fingerprint density at radius 3 is 1.62 bits per heavy atom. The van der Waals surface area contributed by atoms with Gasteiger partial charge in [-0.3, -0.25) is 0 Å². The number of fused-ring (bicyclic) bond motifs is 7. The molecule has 6 aliphatic carbocycles. The molecule has 6 fully saturated rings. The van der Waals surface area contributed by atoms with Crippen molar-refractivity contribution in [2.24, 2.45) is 75.4 Å². The molecule has 0 aromatic heterocycles. The van der Waals surface area contributed by atoms with Gasteiger partial charge in [-0.2, -0.15) is 0 Å². The van der Waals surface area contributed by atoms with Crippen LogP contribution in [0.25, 0.3) is 0 Å². The van der Waals surface area contributed by atoms with Gasteiger partial charge in [-0.05, 0) is 159 Å². The molecule has 0 heteroatoms. The molecule has 42 heavy (non-hydrogen) atoms. The average Bonchev–Trinajstić information content (AvgIpc) is 3.18. The molecule has 0 nitrogen and oxygen atoms in total. The lowest BCUT2D eigenvalue weighted by Gasteiger charge is -2.55. The molecule has 242 valence electrons. The molecule has 0 aliphatic heterocycles. The summed E-state index contributed by atoms with van der Waals surface area (Å²) in [6.07, 6.45) is 35.8. The predicted molar refractivity (Wildman–Crippen MR) is 182 cm³/mol. The molecular formula is C42H74. The molecule has 0 N–H and O–H groups in total. The van der Waals surface area contributed by atoms with Gasteiger partial charge in [0.25, 0.3) is 0 Å². The minimum absolute atomic E-state index is 0.573. The summed E-state index contributed by atoms with van der Waals surface area (Å²) in [6, 6.07) is 0. The van der Waals surface area contributed by atoms with E-state index in [1.165, 1.54) is 44.9 Å². The van der Waals surface area contributed by atoms with Crippen LogP contribution < -0.4 is 0 Å². The first-order chi connectivity index (χ1) is 20.1. The predicted octanol–water partition coefficient (Wildman–Crippen LogP) is 13.3. The summed E-state index contributed by atoms with van der Waals surface area (Å²) in [5.74, 6) is 9.92. The molecule has 13 atom stereocenters. The lowest BCUT2D eigenvalue weighted by atomic mass is 9.50. The zero-order chi connectivity index (χ0) is 29.5. The van der Waals surface area contributed by atoms with Crippen molar-refractivity contribution in [3.63, 3.8) is 0 Å². The highest BCUT2D eigenvalue weighted by Gasteiger charge is 2.53. The van der Waals surface area contributed by atoms with E-state index in [9.17, 15) is 0 Å². The highest BCUT2D eigenvalue weighted by molar-refractivity contribution is 5.03. The van der Waals surface area contributed by atoms with Crippen LogP contribution in [-0.4, -0.2) is 0 Å². The molecule has 7 bridgehead atoms. The number of hydrogen-bond acceptors (Lipinski definition) is 0. The average molecular weight is 579 g/mol. The monoisotopic (exact) mass is 579 g/mol. The standard InChI is InChI=1S/C42H74/c1-7-41-23-33-14-9-30(3)10-15-35(20-33)25-42(8-2)27-38-18-13-31(4)12-17-37(38)26-40(6,28-39(42)29-41)22-36-19-32(5)11-16-34(21-36)24-41/h30-39H,7-29H2,1-6H3/t30-,31+,32+,33+,34-,35-,36+,37+,38-,39+,40+,41-,42-/m0/s1. The minimum Gasteiger partial charge on any atom is -0.0649 e. The lowest BCUT2D eigenvalue weighted by Crippen LogP contribution is -2.45. The second kappa shape index (κ2) is 13.0. The van der Waals surface area contributed by atoms with Gasteiger partial charge in [0.05, 0.1) is 0 Å². The van der Waals surface area contributed by atoms with Gasteiger partial charge in [0.2, 0.25) is 0 Å². The van der Waals surface area contributed by atoms with Crippen molar-refractivity contribution in [1.82, 2.24) is 0 Å². The Morgan fingerprint density at radius 1 is 0.452 bits per heavy atom. The third kappa shape index (κ3) is 7.03. The molecule has 0 heterocycles. The van der Waals surface area contributed by atoms with Gasteiger partial charge in [-0.15, -0.1) is 0 Å². The first-order valence-corrected chi connectivity index (χ1v) is 20.1. The fraction of sp³-hybridized carbons (Fsp3) is 1.00. The first kappa shape index (κ1) is 32.0. The number of rotatable bonds is 2. The summed E-state index contributed by atoms with van der Waals surface area (Å²) in [4.78, 5) is 0. The Bertz CT molecular complexity index is 873. The van der Waals surface area contributed by atoms with E-state index in [0.717, 1.165) is 59.2 Å². The van der Waals surface area contributed by atoms with E-state index in [1.54, 1.807) is 103 Å². The van der Waals surface area contributed by atoms with Crippen LogP contribution in [0.3, 0.4) is 0 Å². The van der Waals surface area contributed by atoms with Crippen molar-refractivity contribution in [3.05, 3.63) is 0 Å². The fourth-order valence-corrected chi connectivity index (χ4v) is 13.9. The third-order valence-electron chi connectivity index (χ3n) is 16.1. The van der Waals surface area contributed by atoms with Gasteiger partial charge in [0.15, 0.2) is 0 Å². The maximum atomic E-state index is 2.88. The molecule has 0 aromatic carbocycles. The van der Waals surface area contributed by atoms with Crippen LogP contribution in [0, 0.1) is 75.4 Å². The summed E-state index contributed by atoms with van der Waals surface area (Å²) < 4.78 is 0. The second-order valence-corrected chi connectivity index (χ2v) is 19.6. The first-order valence-electron chi connectivity index (χ1n) is 20.1. The van der Waals surface area contributed by atoms with E-state index in [-0.39, 0.29) is 0 Å². The highest BCUT2D eigenvalue weighted by Crippen LogP contribution is 2.63. The van der Waals surface area contributed by atoms with Gasteiger partial charge < -0.3 is 0 Å². The SMILES string of the molecule is CC[C@]12C[C@@H]3CC[C@H](C)CC[C@@H](C3)C[C@@]3(CC)C[C@@H]4CC[C@H](C)CC[C@@H]4C[C@@](C)(C[C@@H]4C[C@H](C)CC[C@@H](C4)C1)C[C@@H]3C2. The van der Waals surface area contributed by atoms with Crippen molar-refractivity contribution in [2.75, 3.05) is 0 Å². The van der Waals surface area contributed by atoms with Crippen LogP contribution in [0.5, 0.6) is 0 Å². The Kier molecular flexibility index (Phi) is 9.90. The van der Waals surface area contributed by atoms with Gasteiger partial charge in [-0.25, -0.2) is 0 Å². The van der Waals surface area contributed by atoms with E-state index < -0.39 is 0 Å². The van der Waals surface area contributed by atoms with Crippen LogP contribution in [0.1, 0.15) is 189 Å². The molecular weight excluding hydrogens is 504 g/mol. The van der Waals surface area contributed by atoms with E-state index in [1.807, 2.05) is 0 Å². The summed E-state index contributed by atoms with van der Waals surface area (Å²) in [5.41, 5.74) is 1.80. The van der Waals surface area contributed by atoms with Crippen molar-refractivity contribution in [3.8, 4) is 0 Å². The Morgan fingerprint density at radius 2 is 1.00 bits per heavy atom. The van der Waals surface area contributed by atoms with Crippen molar-refractivity contribution >= 4 is 0 Å². The molecule has 6 rings (SSSR count). The smallest absolute Gasteiger partial charge is 0.0266 e. The van der Waals surface area contributed by atoms with Gasteiger partial charge in [-0.1, -0.05) is 106 Å². The molecule has 0 spiro atoms. The van der Waals surface area contributed by atoms with Gasteiger partial charge in [0, 0.05) is 0 Å². The molecule has 0 radical (unpaired) electrons. The normalized spacial score (nSPS) is 52.4. The molecule has 0 unspecified atom stereocenters. The Hall–Kier alpha value is 0. The van der Waals surface area contributed by atoms with Gasteiger partial charge >= 0.3 is 0 Å². The number of hydrogen-bond donors (Lipinski definition) is 0. The third-order valence-corrected chi connectivity index (χ3v) is 16.1. The van der Waals surface area contributed by atoms with E-state index in [0.29, 0.717) is 16.2 Å². The molecule has 0 aromatic rings. The van der Waals surface area contributed by atoms with Crippen LogP contribution in [-0.2, 0) is 0 Å². The maximum Gasteiger partial charge on any atom is -0.0266 e. The van der Waals surface area contributed by atoms with Crippen LogP contribution in [0.2, 0.25) is 0 Å². The summed E-state index contributed by atoms with van der Waals surface area (Å²) in [6.45, 7) is 16.1. The van der Waals surface area contributed by atoms with Crippen molar-refractivity contribution in [2.45, 2.75) is 189 Å². The second-order valence-electron chi connectivity index (χ2n) is 19.6. The van der Waals surface area contributed by atoms with Gasteiger partial charge in [0.1, 0.15) is 0 Å². The quantitative estimate of drug-likeness (QED) is 0.306. The maximum absolute atomic E-state index is 2.88. The van der Waals surface area contributed by atoms with Crippen LogP contribution >= 0.6 is 0 Å². The van der Waals surface area contributed by atoms with E-state index >= 15 is 0 Å². The summed E-state index contributed by atoms with van der Waals surface area (Å²) in [7, 11) is 0. The van der Waals surface area contributed by atoms with Crippen molar-refractivity contribution < 1.29 is 0 Å². The van der Waals surface area contributed by atoms with Crippen LogP contribution in [0.4, 0.5) is 0 Å². The largest absolute Gasteiger partial charge is 0.0649 e. The molecule has 6 aliphatic rings. The Balaban J connectivity index is 1.48. The minimum atomic E-state index is 0.573. The summed E-state index contributed by atoms with van der Waals surface area (Å²) >= 11 is 0. The van der Waals surface area contributed by atoms with E-state index in [4.69, 9.17) is 0 Å². The topological polar surface area (TPSA) is 0 Å². The van der Waals surface area contributed by atoms with Crippen LogP contribution in [0.15, 0.2) is 0 Å². The van der Waals surface area contributed by atoms with E-state index in [2.05, 4.69) is 41.5 Å². The highest BCUT2D eigenvalue weighted by atomic mass is 14.6. The summed E-state index contributed by atoms with van der Waals surface area (Å²) in [5, 5.41) is 0. The zero-order valence-corrected chi connectivity index (χ0v) is 29.5. The zero-order valence-electron chi connectivity index (χ0n) is 29.5. The lowest BCUT2D eigenvalue weighted by molar-refractivity contribution is -0.0475. The van der Waals surface area contributed by atoms with Crippen molar-refractivity contribution in [1.29, 1.82) is 0 Å². The fourth-order valence-electron chi connectivity index (χ4n) is 13.9. The Labute approximate surface area is 264 Å². The molecule has 0 saturated heterocycles.